The van der Waals surface area contributed by atoms with Gasteiger partial charge in [0.1, 0.15) is 0 Å². The fourth-order valence-corrected chi connectivity index (χ4v) is 3.40. The molecule has 24 heavy (non-hydrogen) atoms. The van der Waals surface area contributed by atoms with Gasteiger partial charge >= 0.3 is 5.97 Å². The lowest BCUT2D eigenvalue weighted by molar-refractivity contribution is -0.142. The Labute approximate surface area is 153 Å². The molecule has 0 atom stereocenters. The SMILES string of the molecule is Cc1cc(C(=O)CCC(=O)OCC(=O)c2ccc(Br)cc2)c(C)s1. The van der Waals surface area contributed by atoms with E-state index in [0.29, 0.717) is 11.1 Å². The van der Waals surface area contributed by atoms with Crippen molar-refractivity contribution in [1.82, 2.24) is 0 Å². The van der Waals surface area contributed by atoms with Gasteiger partial charge in [0.05, 0.1) is 6.42 Å². The van der Waals surface area contributed by atoms with Crippen molar-refractivity contribution < 1.29 is 19.1 Å². The van der Waals surface area contributed by atoms with E-state index in [9.17, 15) is 14.4 Å². The first-order valence-corrected chi connectivity index (χ1v) is 9.02. The number of thiophene rings is 1. The molecule has 6 heteroatoms. The minimum Gasteiger partial charge on any atom is -0.457 e. The Morgan fingerprint density at radius 1 is 1.04 bits per heavy atom. The van der Waals surface area contributed by atoms with Crippen LogP contribution in [0.3, 0.4) is 0 Å². The monoisotopic (exact) mass is 408 g/mol. The fourth-order valence-electron chi connectivity index (χ4n) is 2.20. The normalized spacial score (nSPS) is 10.5. The van der Waals surface area contributed by atoms with Crippen LogP contribution in [0.5, 0.6) is 0 Å². The molecule has 4 nitrogen and oxygen atoms in total. The predicted octanol–water partition coefficient (Wildman–Crippen LogP) is 4.52. The van der Waals surface area contributed by atoms with Crippen LogP contribution < -0.4 is 0 Å². The summed E-state index contributed by atoms with van der Waals surface area (Å²) in [5, 5.41) is 0. The minimum absolute atomic E-state index is 0.0270. The first-order chi connectivity index (χ1) is 11.4. The number of hydrogen-bond donors (Lipinski definition) is 0. The van der Waals surface area contributed by atoms with Crippen molar-refractivity contribution in [3.8, 4) is 0 Å². The molecule has 0 N–H and O–H groups in total. The molecule has 0 spiro atoms. The highest BCUT2D eigenvalue weighted by Gasteiger charge is 2.15. The van der Waals surface area contributed by atoms with Gasteiger partial charge in [0.15, 0.2) is 18.2 Å². The highest BCUT2D eigenvalue weighted by molar-refractivity contribution is 9.10. The molecule has 0 aliphatic carbocycles. The summed E-state index contributed by atoms with van der Waals surface area (Å²) < 4.78 is 5.83. The summed E-state index contributed by atoms with van der Waals surface area (Å²) >= 11 is 4.85. The largest absolute Gasteiger partial charge is 0.457 e. The summed E-state index contributed by atoms with van der Waals surface area (Å²) in [6.45, 7) is 3.52. The highest BCUT2D eigenvalue weighted by atomic mass is 79.9. The Bertz CT molecular complexity index is 762. The molecule has 0 unspecified atom stereocenters. The maximum atomic E-state index is 12.1. The molecule has 126 valence electrons. The van der Waals surface area contributed by atoms with Gasteiger partial charge in [-0.3, -0.25) is 14.4 Å². The van der Waals surface area contributed by atoms with Crippen molar-refractivity contribution in [3.05, 3.63) is 55.7 Å². The summed E-state index contributed by atoms with van der Waals surface area (Å²) in [6, 6.07) is 8.65. The second-order valence-electron chi connectivity index (χ2n) is 5.34. The van der Waals surface area contributed by atoms with E-state index in [-0.39, 0.29) is 31.0 Å². The molecular formula is C18H17BrO4S. The lowest BCUT2D eigenvalue weighted by Gasteiger charge is -2.04. The number of hydrogen-bond acceptors (Lipinski definition) is 5. The van der Waals surface area contributed by atoms with E-state index in [0.717, 1.165) is 14.2 Å². The van der Waals surface area contributed by atoms with Crippen LogP contribution in [-0.4, -0.2) is 24.1 Å². The zero-order valence-corrected chi connectivity index (χ0v) is 15.8. The van der Waals surface area contributed by atoms with Crippen LogP contribution in [0.25, 0.3) is 0 Å². The summed E-state index contributed by atoms with van der Waals surface area (Å²) in [7, 11) is 0. The van der Waals surface area contributed by atoms with Crippen LogP contribution in [0, 0.1) is 13.8 Å². The molecule has 0 aliphatic heterocycles. The molecule has 2 rings (SSSR count). The van der Waals surface area contributed by atoms with Crippen molar-refractivity contribution >= 4 is 44.8 Å². The maximum Gasteiger partial charge on any atom is 0.306 e. The quantitative estimate of drug-likeness (QED) is 0.499. The Morgan fingerprint density at radius 2 is 1.71 bits per heavy atom. The van der Waals surface area contributed by atoms with E-state index in [2.05, 4.69) is 15.9 Å². The highest BCUT2D eigenvalue weighted by Crippen LogP contribution is 2.22. The molecule has 0 fully saturated rings. The molecule has 0 radical (unpaired) electrons. The number of carbonyl (C=O) groups is 3. The molecule has 0 bridgehead atoms. The second kappa shape index (κ2) is 8.35. The van der Waals surface area contributed by atoms with Crippen molar-refractivity contribution in [2.75, 3.05) is 6.61 Å². The number of ketones is 2. The Kier molecular flexibility index (Phi) is 6.45. The fraction of sp³-hybridized carbons (Fsp3) is 0.278. The third-order valence-corrected chi connectivity index (χ3v) is 4.92. The number of rotatable bonds is 7. The molecule has 1 aromatic heterocycles. The van der Waals surface area contributed by atoms with E-state index in [1.165, 1.54) is 0 Å². The van der Waals surface area contributed by atoms with Gasteiger partial charge in [0.25, 0.3) is 0 Å². The summed E-state index contributed by atoms with van der Waals surface area (Å²) in [5.41, 5.74) is 1.14. The Hall–Kier alpha value is -1.79. The third kappa shape index (κ3) is 5.11. The zero-order chi connectivity index (χ0) is 17.7. The molecule has 0 saturated carbocycles. The molecule has 1 aromatic carbocycles. The van der Waals surface area contributed by atoms with E-state index in [4.69, 9.17) is 4.74 Å². The number of benzene rings is 1. The predicted molar refractivity (Wildman–Crippen MR) is 96.8 cm³/mol. The van der Waals surface area contributed by atoms with Gasteiger partial charge in [0, 0.05) is 31.8 Å². The van der Waals surface area contributed by atoms with E-state index < -0.39 is 5.97 Å². The first kappa shape index (κ1) is 18.5. The molecule has 2 aromatic rings. The summed E-state index contributed by atoms with van der Waals surface area (Å²) in [4.78, 5) is 37.8. The number of halogens is 1. The summed E-state index contributed by atoms with van der Waals surface area (Å²) in [6.07, 6.45) is 0.0586. The van der Waals surface area contributed by atoms with Gasteiger partial charge in [-0.1, -0.05) is 28.1 Å². The third-order valence-electron chi connectivity index (χ3n) is 3.43. The Balaban J connectivity index is 1.79. The molecule has 1 heterocycles. The van der Waals surface area contributed by atoms with Crippen molar-refractivity contribution in [2.45, 2.75) is 26.7 Å². The minimum atomic E-state index is -0.543. The Morgan fingerprint density at radius 3 is 2.29 bits per heavy atom. The number of ether oxygens (including phenoxy) is 1. The zero-order valence-electron chi connectivity index (χ0n) is 13.4. The number of aryl methyl sites for hydroxylation is 2. The van der Waals surface area contributed by atoms with Crippen LogP contribution in [0.2, 0.25) is 0 Å². The van der Waals surface area contributed by atoms with Crippen LogP contribution in [0.15, 0.2) is 34.8 Å². The van der Waals surface area contributed by atoms with Crippen molar-refractivity contribution in [1.29, 1.82) is 0 Å². The van der Waals surface area contributed by atoms with Crippen LogP contribution >= 0.6 is 27.3 Å². The second-order valence-corrected chi connectivity index (χ2v) is 7.72. The molecule has 0 aliphatic rings. The molecule has 0 saturated heterocycles. The average molecular weight is 409 g/mol. The van der Waals surface area contributed by atoms with E-state index in [1.807, 2.05) is 19.9 Å². The van der Waals surface area contributed by atoms with Crippen LogP contribution in [-0.2, 0) is 9.53 Å². The lowest BCUT2D eigenvalue weighted by atomic mass is 10.1. The lowest BCUT2D eigenvalue weighted by Crippen LogP contribution is -2.15. The molecular weight excluding hydrogens is 392 g/mol. The van der Waals surface area contributed by atoms with Crippen LogP contribution in [0.1, 0.15) is 43.3 Å². The number of carbonyl (C=O) groups excluding carboxylic acids is 3. The van der Waals surface area contributed by atoms with Gasteiger partial charge in [0.2, 0.25) is 0 Å². The smallest absolute Gasteiger partial charge is 0.306 e. The number of Topliss-reactive ketones (excluding diaryl/α,β-unsaturated/α-hetero) is 2. The van der Waals surface area contributed by atoms with E-state index in [1.54, 1.807) is 35.6 Å². The van der Waals surface area contributed by atoms with Gasteiger partial charge in [-0.2, -0.15) is 0 Å². The van der Waals surface area contributed by atoms with Crippen molar-refractivity contribution in [2.24, 2.45) is 0 Å². The summed E-state index contributed by atoms with van der Waals surface area (Å²) in [5.74, 6) is -0.891. The van der Waals surface area contributed by atoms with Crippen LogP contribution in [0.4, 0.5) is 0 Å². The van der Waals surface area contributed by atoms with E-state index >= 15 is 0 Å². The van der Waals surface area contributed by atoms with Gasteiger partial charge in [-0.05, 0) is 32.0 Å². The average Bonchev–Trinajstić information content (AvgIpc) is 2.89. The van der Waals surface area contributed by atoms with Crippen molar-refractivity contribution in [3.63, 3.8) is 0 Å². The molecule has 0 amide bonds. The first-order valence-electron chi connectivity index (χ1n) is 7.41. The topological polar surface area (TPSA) is 60.4 Å². The maximum absolute atomic E-state index is 12.1. The standard InChI is InChI=1S/C18H17BrO4S/c1-11-9-15(12(2)24-11)16(20)7-8-18(22)23-10-17(21)13-3-5-14(19)6-4-13/h3-6,9H,7-8,10H2,1-2H3. The number of esters is 1. The van der Waals surface area contributed by atoms with Gasteiger partial charge < -0.3 is 4.74 Å². The van der Waals surface area contributed by atoms with Gasteiger partial charge in [-0.25, -0.2) is 0 Å². The van der Waals surface area contributed by atoms with Gasteiger partial charge in [-0.15, -0.1) is 11.3 Å².